The van der Waals surface area contributed by atoms with Crippen LogP contribution in [0.5, 0.6) is 0 Å². The molecule has 15 heavy (non-hydrogen) atoms. The maximum Gasteiger partial charge on any atom is 0.278 e. The predicted molar refractivity (Wildman–Crippen MR) is 57.1 cm³/mol. The Kier molecular flexibility index (Phi) is 4.57. The quantitative estimate of drug-likeness (QED) is 0.778. The molecule has 1 heterocycles. The molecule has 0 atom stereocenters. The van der Waals surface area contributed by atoms with E-state index in [0.717, 1.165) is 5.56 Å². The fourth-order valence-corrected chi connectivity index (χ4v) is 1.23. The molecule has 0 spiro atoms. The normalized spacial score (nSPS) is 9.33. The van der Waals surface area contributed by atoms with E-state index >= 15 is 0 Å². The van der Waals surface area contributed by atoms with E-state index in [9.17, 15) is 4.79 Å². The number of thiol groups is 1. The highest BCUT2D eigenvalue weighted by molar-refractivity contribution is 7.96. The summed E-state index contributed by atoms with van der Waals surface area (Å²) in [6.45, 7) is 0.749. The average Bonchev–Trinajstić information content (AvgIpc) is 2.25. The SMILES string of the molecule is N#CCCN(Cc1cncnc1)C(=O)S. The molecule has 0 radical (unpaired) electrons. The lowest BCUT2D eigenvalue weighted by atomic mass is 10.3. The van der Waals surface area contributed by atoms with E-state index in [1.165, 1.54) is 11.2 Å². The fourth-order valence-electron chi connectivity index (χ4n) is 1.06. The summed E-state index contributed by atoms with van der Waals surface area (Å²) in [5, 5.41) is 8.07. The smallest absolute Gasteiger partial charge is 0.278 e. The van der Waals surface area contributed by atoms with Crippen molar-refractivity contribution in [2.24, 2.45) is 0 Å². The molecule has 0 aliphatic rings. The van der Waals surface area contributed by atoms with E-state index in [1.807, 2.05) is 6.07 Å². The number of nitrogens with zero attached hydrogens (tertiary/aromatic N) is 4. The van der Waals surface area contributed by atoms with Crippen LogP contribution in [0.4, 0.5) is 4.79 Å². The van der Waals surface area contributed by atoms with Crippen molar-refractivity contribution in [3.63, 3.8) is 0 Å². The lowest BCUT2D eigenvalue weighted by molar-refractivity contribution is 0.222. The summed E-state index contributed by atoms with van der Waals surface area (Å²) in [5.41, 5.74) is 0.817. The third-order valence-corrected chi connectivity index (χ3v) is 2.03. The number of carbonyl (C=O) groups excluding carboxylic acids is 1. The molecule has 6 heteroatoms. The predicted octanol–water partition coefficient (Wildman–Crippen LogP) is 1.24. The van der Waals surface area contributed by atoms with Crippen molar-refractivity contribution >= 4 is 17.9 Å². The van der Waals surface area contributed by atoms with Crippen LogP contribution in [0.25, 0.3) is 0 Å². The first-order valence-corrected chi connectivity index (χ1v) is 4.77. The van der Waals surface area contributed by atoms with Crippen molar-refractivity contribution in [2.45, 2.75) is 13.0 Å². The molecule has 1 aromatic rings. The minimum atomic E-state index is -0.353. The van der Waals surface area contributed by atoms with Gasteiger partial charge in [-0.3, -0.25) is 4.79 Å². The first-order chi connectivity index (χ1) is 7.24. The molecule has 0 bridgehead atoms. The van der Waals surface area contributed by atoms with Crippen LogP contribution in [0.15, 0.2) is 18.7 Å². The Balaban J connectivity index is 2.60. The summed E-state index contributed by atoms with van der Waals surface area (Å²) in [4.78, 5) is 20.2. The third-order valence-electron chi connectivity index (χ3n) is 1.75. The molecular formula is C9H10N4OS. The Morgan fingerprint density at radius 1 is 1.53 bits per heavy atom. The molecule has 1 aromatic heterocycles. The van der Waals surface area contributed by atoms with Crippen molar-refractivity contribution in [3.05, 3.63) is 24.3 Å². The third kappa shape index (κ3) is 3.95. The van der Waals surface area contributed by atoms with E-state index in [1.54, 1.807) is 12.4 Å². The molecule has 0 saturated heterocycles. The number of carbonyl (C=O) groups is 1. The number of hydrogen-bond acceptors (Lipinski definition) is 4. The molecule has 0 aliphatic heterocycles. The van der Waals surface area contributed by atoms with E-state index in [0.29, 0.717) is 19.5 Å². The minimum absolute atomic E-state index is 0.292. The Bertz CT molecular complexity index is 362. The Morgan fingerprint density at radius 3 is 2.73 bits per heavy atom. The highest BCUT2D eigenvalue weighted by Gasteiger charge is 2.09. The molecule has 0 unspecified atom stereocenters. The molecule has 5 nitrogen and oxygen atoms in total. The number of nitriles is 1. The zero-order valence-electron chi connectivity index (χ0n) is 8.00. The van der Waals surface area contributed by atoms with Crippen molar-refractivity contribution in [2.75, 3.05) is 6.54 Å². The van der Waals surface area contributed by atoms with Crippen LogP contribution in [-0.4, -0.2) is 26.7 Å². The number of hydrogen-bond donors (Lipinski definition) is 1. The standard InChI is InChI=1S/C9H10N4OS/c10-2-1-3-13(9(14)15)6-8-4-11-7-12-5-8/h4-5,7H,1,3,6H2,(H,14,15). The molecule has 0 N–H and O–H groups in total. The second-order valence-electron chi connectivity index (χ2n) is 2.86. The molecule has 1 amide bonds. The van der Waals surface area contributed by atoms with E-state index < -0.39 is 0 Å². The van der Waals surface area contributed by atoms with Crippen LogP contribution in [0, 0.1) is 11.3 Å². The Labute approximate surface area is 93.2 Å². The maximum atomic E-state index is 11.1. The van der Waals surface area contributed by atoms with Crippen LogP contribution in [0.3, 0.4) is 0 Å². The van der Waals surface area contributed by atoms with Gasteiger partial charge in [-0.25, -0.2) is 9.97 Å². The van der Waals surface area contributed by atoms with Gasteiger partial charge in [0, 0.05) is 31.0 Å². The summed E-state index contributed by atoms with van der Waals surface area (Å²) in [5.74, 6) is 0. The van der Waals surface area contributed by atoms with Crippen LogP contribution >= 0.6 is 12.6 Å². The van der Waals surface area contributed by atoms with Gasteiger partial charge in [-0.1, -0.05) is 12.6 Å². The first kappa shape index (κ1) is 11.5. The summed E-state index contributed by atoms with van der Waals surface area (Å²) >= 11 is 3.73. The summed E-state index contributed by atoms with van der Waals surface area (Å²) < 4.78 is 0. The van der Waals surface area contributed by atoms with Crippen molar-refractivity contribution in [3.8, 4) is 6.07 Å². The summed E-state index contributed by atoms with van der Waals surface area (Å²) in [7, 11) is 0. The lowest BCUT2D eigenvalue weighted by Crippen LogP contribution is -2.26. The van der Waals surface area contributed by atoms with Gasteiger partial charge in [0.05, 0.1) is 12.5 Å². The van der Waals surface area contributed by atoms with Gasteiger partial charge >= 0.3 is 0 Å². The van der Waals surface area contributed by atoms with Gasteiger partial charge in [0.2, 0.25) is 0 Å². The fraction of sp³-hybridized carbons (Fsp3) is 0.333. The van der Waals surface area contributed by atoms with Crippen molar-refractivity contribution in [1.82, 2.24) is 14.9 Å². The zero-order chi connectivity index (χ0) is 11.1. The van der Waals surface area contributed by atoms with Gasteiger partial charge in [-0.05, 0) is 0 Å². The lowest BCUT2D eigenvalue weighted by Gasteiger charge is -2.18. The summed E-state index contributed by atoms with van der Waals surface area (Å²) in [6, 6.07) is 1.98. The maximum absolute atomic E-state index is 11.1. The topological polar surface area (TPSA) is 69.9 Å². The Morgan fingerprint density at radius 2 is 2.20 bits per heavy atom. The second-order valence-corrected chi connectivity index (χ2v) is 3.24. The molecule has 0 fully saturated rings. The van der Waals surface area contributed by atoms with Crippen molar-refractivity contribution < 1.29 is 4.79 Å². The Hall–Kier alpha value is -1.61. The molecule has 0 saturated carbocycles. The first-order valence-electron chi connectivity index (χ1n) is 4.32. The van der Waals surface area contributed by atoms with Gasteiger partial charge in [-0.15, -0.1) is 0 Å². The number of rotatable bonds is 4. The van der Waals surface area contributed by atoms with Gasteiger partial charge in [0.1, 0.15) is 6.33 Å². The largest absolute Gasteiger partial charge is 0.328 e. The number of amides is 1. The van der Waals surface area contributed by atoms with E-state index in [4.69, 9.17) is 5.26 Å². The molecule has 0 aromatic carbocycles. The average molecular weight is 222 g/mol. The highest BCUT2D eigenvalue weighted by atomic mass is 32.1. The van der Waals surface area contributed by atoms with Crippen LogP contribution in [-0.2, 0) is 6.54 Å². The van der Waals surface area contributed by atoms with Crippen molar-refractivity contribution in [1.29, 1.82) is 5.26 Å². The monoisotopic (exact) mass is 222 g/mol. The van der Waals surface area contributed by atoms with E-state index in [2.05, 4.69) is 22.6 Å². The van der Waals surface area contributed by atoms with E-state index in [-0.39, 0.29) is 5.24 Å². The van der Waals surface area contributed by atoms with Crippen LogP contribution in [0.2, 0.25) is 0 Å². The zero-order valence-corrected chi connectivity index (χ0v) is 8.89. The number of aromatic nitrogens is 2. The van der Waals surface area contributed by atoms with Gasteiger partial charge in [0.15, 0.2) is 0 Å². The van der Waals surface area contributed by atoms with Crippen LogP contribution < -0.4 is 0 Å². The summed E-state index contributed by atoms with van der Waals surface area (Å²) in [6.07, 6.45) is 4.97. The molecular weight excluding hydrogens is 212 g/mol. The van der Waals surface area contributed by atoms with Gasteiger partial charge < -0.3 is 4.90 Å². The molecule has 0 aliphatic carbocycles. The van der Waals surface area contributed by atoms with Gasteiger partial charge in [0.25, 0.3) is 5.24 Å². The highest BCUT2D eigenvalue weighted by Crippen LogP contribution is 2.05. The van der Waals surface area contributed by atoms with Gasteiger partial charge in [-0.2, -0.15) is 5.26 Å². The molecule has 1 rings (SSSR count). The molecule has 78 valence electrons. The minimum Gasteiger partial charge on any atom is -0.328 e. The second kappa shape index (κ2) is 5.98. The van der Waals surface area contributed by atoms with Crippen LogP contribution in [0.1, 0.15) is 12.0 Å².